The number of hydrogen-bond donors (Lipinski definition) is 0. The van der Waals surface area contributed by atoms with Gasteiger partial charge in [-0.25, -0.2) is 0 Å². The number of hydrogen-bond acceptors (Lipinski definition) is 3. The summed E-state index contributed by atoms with van der Waals surface area (Å²) in [6.07, 6.45) is 6.06. The van der Waals surface area contributed by atoms with Gasteiger partial charge in [-0.05, 0) is 61.7 Å². The SMILES string of the molecule is CCOc1ccc(-c2ccc(C(=O)N(C)C3CCCCC3)s2)cc1. The second-order valence-electron chi connectivity index (χ2n) is 6.33. The first-order valence-corrected chi connectivity index (χ1v) is 9.61. The van der Waals surface area contributed by atoms with Crippen molar-refractivity contribution in [2.24, 2.45) is 0 Å². The highest BCUT2D eigenvalue weighted by molar-refractivity contribution is 7.17. The van der Waals surface area contributed by atoms with Gasteiger partial charge in [-0.1, -0.05) is 19.3 Å². The van der Waals surface area contributed by atoms with E-state index in [2.05, 4.69) is 12.1 Å². The molecule has 1 saturated carbocycles. The van der Waals surface area contributed by atoms with E-state index in [9.17, 15) is 4.79 Å². The third kappa shape index (κ3) is 3.81. The van der Waals surface area contributed by atoms with Crippen LogP contribution < -0.4 is 4.74 Å². The van der Waals surface area contributed by atoms with Crippen LogP contribution in [-0.4, -0.2) is 30.5 Å². The van der Waals surface area contributed by atoms with Gasteiger partial charge in [-0.15, -0.1) is 11.3 Å². The lowest BCUT2D eigenvalue weighted by molar-refractivity contribution is 0.0701. The van der Waals surface area contributed by atoms with E-state index in [1.165, 1.54) is 19.3 Å². The van der Waals surface area contributed by atoms with Gasteiger partial charge in [0, 0.05) is 18.0 Å². The Morgan fingerprint density at radius 3 is 2.50 bits per heavy atom. The van der Waals surface area contributed by atoms with Gasteiger partial charge in [-0.3, -0.25) is 4.79 Å². The number of thiophene rings is 1. The van der Waals surface area contributed by atoms with Gasteiger partial charge >= 0.3 is 0 Å². The van der Waals surface area contributed by atoms with Gasteiger partial charge in [0.05, 0.1) is 11.5 Å². The van der Waals surface area contributed by atoms with Gasteiger partial charge < -0.3 is 9.64 Å². The lowest BCUT2D eigenvalue weighted by atomic mass is 9.94. The summed E-state index contributed by atoms with van der Waals surface area (Å²) in [5, 5.41) is 0. The van der Waals surface area contributed by atoms with Crippen molar-refractivity contribution in [3.8, 4) is 16.2 Å². The first kappa shape index (κ1) is 17.0. The minimum absolute atomic E-state index is 0.157. The lowest BCUT2D eigenvalue weighted by Crippen LogP contribution is -2.37. The molecule has 0 unspecified atom stereocenters. The molecule has 0 N–H and O–H groups in total. The summed E-state index contributed by atoms with van der Waals surface area (Å²) in [6, 6.07) is 12.5. The Balaban J connectivity index is 1.71. The molecule has 0 aliphatic heterocycles. The van der Waals surface area contributed by atoms with Crippen LogP contribution in [0, 0.1) is 0 Å². The van der Waals surface area contributed by atoms with E-state index in [-0.39, 0.29) is 5.91 Å². The van der Waals surface area contributed by atoms with Crippen molar-refractivity contribution in [1.29, 1.82) is 0 Å². The van der Waals surface area contributed by atoms with E-state index >= 15 is 0 Å². The molecule has 0 bridgehead atoms. The van der Waals surface area contributed by atoms with Gasteiger partial charge in [0.15, 0.2) is 0 Å². The summed E-state index contributed by atoms with van der Waals surface area (Å²) >= 11 is 1.57. The molecule has 1 amide bonds. The molecule has 1 aliphatic rings. The lowest BCUT2D eigenvalue weighted by Gasteiger charge is -2.30. The minimum Gasteiger partial charge on any atom is -0.494 e. The third-order valence-electron chi connectivity index (χ3n) is 4.71. The second kappa shape index (κ2) is 7.84. The average molecular weight is 343 g/mol. The van der Waals surface area contributed by atoms with E-state index in [1.807, 2.05) is 43.1 Å². The highest BCUT2D eigenvalue weighted by Gasteiger charge is 2.24. The predicted molar refractivity (Wildman–Crippen MR) is 99.9 cm³/mol. The van der Waals surface area contributed by atoms with Crippen LogP contribution in [0.4, 0.5) is 0 Å². The van der Waals surface area contributed by atoms with Crippen molar-refractivity contribution in [2.45, 2.75) is 45.1 Å². The summed E-state index contributed by atoms with van der Waals surface area (Å²) in [4.78, 5) is 16.6. The molecule has 128 valence electrons. The first-order chi connectivity index (χ1) is 11.7. The fourth-order valence-corrected chi connectivity index (χ4v) is 4.29. The first-order valence-electron chi connectivity index (χ1n) is 8.79. The molecule has 3 nitrogen and oxygen atoms in total. The number of rotatable bonds is 5. The molecule has 1 aromatic carbocycles. The largest absolute Gasteiger partial charge is 0.494 e. The predicted octanol–water partition coefficient (Wildman–Crippen LogP) is 5.22. The molecule has 3 rings (SSSR count). The zero-order valence-corrected chi connectivity index (χ0v) is 15.3. The van der Waals surface area contributed by atoms with Gasteiger partial charge in [-0.2, -0.15) is 0 Å². The molecule has 1 aliphatic carbocycles. The van der Waals surface area contributed by atoms with Crippen molar-refractivity contribution in [2.75, 3.05) is 13.7 Å². The molecular weight excluding hydrogens is 318 g/mol. The Morgan fingerprint density at radius 2 is 1.83 bits per heavy atom. The van der Waals surface area contributed by atoms with Gasteiger partial charge in [0.25, 0.3) is 5.91 Å². The summed E-state index contributed by atoms with van der Waals surface area (Å²) < 4.78 is 5.48. The van der Waals surface area contributed by atoms with Crippen LogP contribution in [0.1, 0.15) is 48.7 Å². The van der Waals surface area contributed by atoms with Crippen molar-refractivity contribution >= 4 is 17.2 Å². The summed E-state index contributed by atoms with van der Waals surface area (Å²) in [6.45, 7) is 2.65. The third-order valence-corrected chi connectivity index (χ3v) is 5.83. The Hall–Kier alpha value is -1.81. The van der Waals surface area contributed by atoms with E-state index < -0.39 is 0 Å². The van der Waals surface area contributed by atoms with Crippen molar-refractivity contribution in [1.82, 2.24) is 4.90 Å². The van der Waals surface area contributed by atoms with Crippen molar-refractivity contribution < 1.29 is 9.53 Å². The van der Waals surface area contributed by atoms with Crippen molar-refractivity contribution in [3.05, 3.63) is 41.3 Å². The number of carbonyl (C=O) groups excluding carboxylic acids is 1. The molecule has 0 atom stereocenters. The molecule has 0 radical (unpaired) electrons. The summed E-state index contributed by atoms with van der Waals surface area (Å²) in [5.74, 6) is 1.04. The normalized spacial score (nSPS) is 15.2. The number of nitrogens with zero attached hydrogens (tertiary/aromatic N) is 1. The Morgan fingerprint density at radius 1 is 1.12 bits per heavy atom. The number of amides is 1. The van der Waals surface area contributed by atoms with Crippen LogP contribution in [-0.2, 0) is 0 Å². The van der Waals surface area contributed by atoms with E-state index in [0.717, 1.165) is 33.9 Å². The van der Waals surface area contributed by atoms with Crippen LogP contribution in [0.15, 0.2) is 36.4 Å². The maximum Gasteiger partial charge on any atom is 0.263 e. The Kier molecular flexibility index (Phi) is 5.56. The number of carbonyl (C=O) groups is 1. The standard InChI is InChI=1S/C20H25NO2S/c1-3-23-17-11-9-15(10-12-17)18-13-14-19(24-18)20(22)21(2)16-7-5-4-6-8-16/h9-14,16H,3-8H2,1-2H3. The molecule has 24 heavy (non-hydrogen) atoms. The fraction of sp³-hybridized carbons (Fsp3) is 0.450. The molecular formula is C20H25NO2S. The van der Waals surface area contributed by atoms with Gasteiger partial charge in [0.2, 0.25) is 0 Å². The van der Waals surface area contributed by atoms with Gasteiger partial charge in [0.1, 0.15) is 5.75 Å². The number of benzene rings is 1. The highest BCUT2D eigenvalue weighted by atomic mass is 32.1. The maximum absolute atomic E-state index is 12.7. The van der Waals surface area contributed by atoms with E-state index in [1.54, 1.807) is 11.3 Å². The smallest absolute Gasteiger partial charge is 0.263 e. The van der Waals surface area contributed by atoms with Crippen LogP contribution in [0.3, 0.4) is 0 Å². The van der Waals surface area contributed by atoms with Crippen LogP contribution in [0.5, 0.6) is 5.75 Å². The Labute approximate surface area is 148 Å². The van der Waals surface area contributed by atoms with E-state index in [0.29, 0.717) is 12.6 Å². The summed E-state index contributed by atoms with van der Waals surface area (Å²) in [5.41, 5.74) is 1.13. The molecule has 1 heterocycles. The topological polar surface area (TPSA) is 29.5 Å². The zero-order chi connectivity index (χ0) is 16.9. The monoisotopic (exact) mass is 343 g/mol. The molecule has 0 spiro atoms. The zero-order valence-electron chi connectivity index (χ0n) is 14.5. The molecule has 4 heteroatoms. The second-order valence-corrected chi connectivity index (χ2v) is 7.41. The van der Waals surface area contributed by atoms with Crippen LogP contribution in [0.2, 0.25) is 0 Å². The molecule has 2 aromatic rings. The minimum atomic E-state index is 0.157. The van der Waals surface area contributed by atoms with Crippen molar-refractivity contribution in [3.63, 3.8) is 0 Å². The molecule has 1 fully saturated rings. The van der Waals surface area contributed by atoms with Crippen LogP contribution >= 0.6 is 11.3 Å². The molecule has 1 aromatic heterocycles. The fourth-order valence-electron chi connectivity index (χ4n) is 3.30. The maximum atomic E-state index is 12.7. The quantitative estimate of drug-likeness (QED) is 0.745. The van der Waals surface area contributed by atoms with Crippen LogP contribution in [0.25, 0.3) is 10.4 Å². The average Bonchev–Trinajstić information content (AvgIpc) is 3.12. The molecule has 0 saturated heterocycles. The summed E-state index contributed by atoms with van der Waals surface area (Å²) in [7, 11) is 1.95. The number of ether oxygens (including phenoxy) is 1. The Bertz CT molecular complexity index is 671. The van der Waals surface area contributed by atoms with E-state index in [4.69, 9.17) is 4.74 Å². The highest BCUT2D eigenvalue weighted by Crippen LogP contribution is 2.31.